The highest BCUT2D eigenvalue weighted by Gasteiger charge is 2.27. The lowest BCUT2D eigenvalue weighted by molar-refractivity contribution is -0.140. The molecule has 0 bridgehead atoms. The van der Waals surface area contributed by atoms with Gasteiger partial charge in [0.2, 0.25) is 11.8 Å². The molecule has 0 radical (unpaired) electrons. The maximum atomic E-state index is 13.2. The summed E-state index contributed by atoms with van der Waals surface area (Å²) in [7, 11) is 0. The molecule has 2 aromatic carbocycles. The molecule has 0 fully saturated rings. The molecule has 1 N–H and O–H groups in total. The van der Waals surface area contributed by atoms with Crippen molar-refractivity contribution in [2.24, 2.45) is 0 Å². The summed E-state index contributed by atoms with van der Waals surface area (Å²) in [4.78, 5) is 27.4. The van der Waals surface area contributed by atoms with E-state index < -0.39 is 6.04 Å². The quantitative estimate of drug-likeness (QED) is 0.746. The Morgan fingerprint density at radius 2 is 1.71 bits per heavy atom. The third kappa shape index (κ3) is 5.83. The number of nitrogens with zero attached hydrogens (tertiary/aromatic N) is 1. The van der Waals surface area contributed by atoms with Crippen molar-refractivity contribution in [3.8, 4) is 0 Å². The fourth-order valence-corrected chi connectivity index (χ4v) is 3.18. The summed E-state index contributed by atoms with van der Waals surface area (Å²) in [5.74, 6) is -0.273. The second-order valence-electron chi connectivity index (χ2n) is 7.55. The molecule has 4 nitrogen and oxygen atoms in total. The van der Waals surface area contributed by atoms with Crippen molar-refractivity contribution in [3.05, 3.63) is 69.7 Å². The molecular formula is C23H29ClN2O2. The van der Waals surface area contributed by atoms with Crippen molar-refractivity contribution in [1.29, 1.82) is 0 Å². The van der Waals surface area contributed by atoms with Crippen molar-refractivity contribution < 1.29 is 9.59 Å². The topological polar surface area (TPSA) is 49.4 Å². The lowest BCUT2D eigenvalue weighted by atomic mass is 10.0. The van der Waals surface area contributed by atoms with Crippen LogP contribution in [0.1, 0.15) is 43.0 Å². The van der Waals surface area contributed by atoms with Gasteiger partial charge in [0, 0.05) is 17.6 Å². The van der Waals surface area contributed by atoms with Crippen LogP contribution in [0.25, 0.3) is 0 Å². The van der Waals surface area contributed by atoms with Crippen molar-refractivity contribution in [3.63, 3.8) is 0 Å². The van der Waals surface area contributed by atoms with E-state index in [2.05, 4.69) is 5.32 Å². The normalized spacial score (nSPS) is 12.0. The van der Waals surface area contributed by atoms with Crippen molar-refractivity contribution in [2.75, 3.05) is 0 Å². The molecule has 0 aliphatic rings. The summed E-state index contributed by atoms with van der Waals surface area (Å²) in [6, 6.07) is 12.8. The van der Waals surface area contributed by atoms with E-state index in [0.717, 1.165) is 16.7 Å². The molecule has 150 valence electrons. The fraction of sp³-hybridized carbons (Fsp3) is 0.391. The summed E-state index contributed by atoms with van der Waals surface area (Å²) in [5, 5.41) is 3.48. The van der Waals surface area contributed by atoms with Gasteiger partial charge in [-0.2, -0.15) is 0 Å². The van der Waals surface area contributed by atoms with Gasteiger partial charge >= 0.3 is 0 Å². The Kier molecular flexibility index (Phi) is 7.64. The van der Waals surface area contributed by atoms with Crippen molar-refractivity contribution in [2.45, 2.75) is 59.7 Å². The van der Waals surface area contributed by atoms with Gasteiger partial charge in [0.15, 0.2) is 0 Å². The first kappa shape index (κ1) is 22.0. The number of nitrogens with one attached hydrogen (secondary N) is 1. The fourth-order valence-electron chi connectivity index (χ4n) is 2.99. The predicted molar refractivity (Wildman–Crippen MR) is 114 cm³/mol. The third-order valence-electron chi connectivity index (χ3n) is 4.82. The van der Waals surface area contributed by atoms with Gasteiger partial charge in [-0.15, -0.1) is 0 Å². The summed E-state index contributed by atoms with van der Waals surface area (Å²) >= 11 is 6.30. The van der Waals surface area contributed by atoms with E-state index in [1.165, 1.54) is 5.56 Å². The van der Waals surface area contributed by atoms with Crippen LogP contribution >= 0.6 is 11.6 Å². The van der Waals surface area contributed by atoms with Crippen LogP contribution in [0, 0.1) is 13.8 Å². The van der Waals surface area contributed by atoms with E-state index >= 15 is 0 Å². The largest absolute Gasteiger partial charge is 0.352 e. The maximum Gasteiger partial charge on any atom is 0.242 e. The first-order valence-electron chi connectivity index (χ1n) is 9.58. The molecule has 0 unspecified atom stereocenters. The van der Waals surface area contributed by atoms with Crippen LogP contribution in [0.3, 0.4) is 0 Å². The molecule has 2 aromatic rings. The Bertz CT molecular complexity index is 848. The average molecular weight is 401 g/mol. The monoisotopic (exact) mass is 400 g/mol. The second-order valence-corrected chi connectivity index (χ2v) is 7.95. The highest BCUT2D eigenvalue weighted by atomic mass is 35.5. The van der Waals surface area contributed by atoms with Crippen LogP contribution < -0.4 is 5.32 Å². The van der Waals surface area contributed by atoms with Gasteiger partial charge in [-0.1, -0.05) is 48.0 Å². The minimum absolute atomic E-state index is 0.00645. The number of benzene rings is 2. The van der Waals surface area contributed by atoms with Crippen molar-refractivity contribution >= 4 is 23.4 Å². The molecule has 0 aliphatic heterocycles. The molecule has 2 rings (SSSR count). The van der Waals surface area contributed by atoms with Gasteiger partial charge in [0.1, 0.15) is 6.04 Å². The van der Waals surface area contributed by atoms with Crippen LogP contribution in [0.4, 0.5) is 0 Å². The molecule has 0 aliphatic carbocycles. The van der Waals surface area contributed by atoms with E-state index in [4.69, 9.17) is 11.6 Å². The smallest absolute Gasteiger partial charge is 0.242 e. The lowest BCUT2D eigenvalue weighted by Gasteiger charge is -2.30. The third-order valence-corrected chi connectivity index (χ3v) is 5.19. The van der Waals surface area contributed by atoms with Crippen LogP contribution in [-0.4, -0.2) is 28.8 Å². The molecule has 1 atom stereocenters. The SMILES string of the molecule is Cc1ccc(CC(=O)N(Cc2ccccc2Cl)[C@@H](C)C(=O)NC(C)C)cc1C. The Labute approximate surface area is 172 Å². The molecule has 0 saturated heterocycles. The van der Waals surface area contributed by atoms with Crippen molar-refractivity contribution in [1.82, 2.24) is 10.2 Å². The van der Waals surface area contributed by atoms with E-state index in [0.29, 0.717) is 5.02 Å². The second kappa shape index (κ2) is 9.74. The zero-order valence-electron chi connectivity index (χ0n) is 17.3. The number of carbonyl (C=O) groups is 2. The van der Waals surface area contributed by atoms with E-state index in [1.807, 2.05) is 64.1 Å². The van der Waals surface area contributed by atoms with Gasteiger partial charge < -0.3 is 10.2 Å². The first-order valence-corrected chi connectivity index (χ1v) is 9.96. The van der Waals surface area contributed by atoms with Gasteiger partial charge in [-0.25, -0.2) is 0 Å². The summed E-state index contributed by atoms with van der Waals surface area (Å²) in [5.41, 5.74) is 4.10. The molecular weight excluding hydrogens is 372 g/mol. The summed E-state index contributed by atoms with van der Waals surface area (Å²) in [6.45, 7) is 9.93. The molecule has 0 saturated carbocycles. The number of halogens is 1. The molecule has 5 heteroatoms. The minimum atomic E-state index is -0.599. The zero-order valence-corrected chi connectivity index (χ0v) is 18.0. The number of hydrogen-bond donors (Lipinski definition) is 1. The highest BCUT2D eigenvalue weighted by molar-refractivity contribution is 6.31. The zero-order chi connectivity index (χ0) is 20.8. The van der Waals surface area contributed by atoms with Crippen LogP contribution in [0.5, 0.6) is 0 Å². The van der Waals surface area contributed by atoms with Gasteiger partial charge in [0.25, 0.3) is 0 Å². The first-order chi connectivity index (χ1) is 13.2. The Morgan fingerprint density at radius 1 is 1.04 bits per heavy atom. The van der Waals surface area contributed by atoms with Crippen LogP contribution in [0.2, 0.25) is 5.02 Å². The molecule has 2 amide bonds. The number of carbonyl (C=O) groups excluding carboxylic acids is 2. The predicted octanol–water partition coefficient (Wildman–Crippen LogP) is 4.44. The molecule has 28 heavy (non-hydrogen) atoms. The standard InChI is InChI=1S/C23H29ClN2O2/c1-15(2)25-23(28)18(5)26(14-20-8-6-7-9-21(20)24)22(27)13-19-11-10-16(3)17(4)12-19/h6-12,15,18H,13-14H2,1-5H3,(H,25,28)/t18-/m0/s1. The number of aryl methyl sites for hydroxylation is 2. The van der Waals surface area contributed by atoms with Crippen LogP contribution in [-0.2, 0) is 22.6 Å². The van der Waals surface area contributed by atoms with E-state index in [1.54, 1.807) is 17.9 Å². The summed E-state index contributed by atoms with van der Waals surface area (Å²) in [6.07, 6.45) is 0.241. The van der Waals surface area contributed by atoms with Gasteiger partial charge in [-0.3, -0.25) is 9.59 Å². The number of rotatable bonds is 7. The van der Waals surface area contributed by atoms with Crippen LogP contribution in [0.15, 0.2) is 42.5 Å². The molecule has 0 heterocycles. The lowest BCUT2D eigenvalue weighted by Crippen LogP contribution is -2.49. The van der Waals surface area contributed by atoms with Gasteiger partial charge in [-0.05, 0) is 62.9 Å². The van der Waals surface area contributed by atoms with E-state index in [-0.39, 0.29) is 30.8 Å². The Morgan fingerprint density at radius 3 is 2.32 bits per heavy atom. The molecule has 0 spiro atoms. The number of amides is 2. The summed E-state index contributed by atoms with van der Waals surface area (Å²) < 4.78 is 0. The Hall–Kier alpha value is -2.33. The maximum absolute atomic E-state index is 13.2. The van der Waals surface area contributed by atoms with E-state index in [9.17, 15) is 9.59 Å². The highest BCUT2D eigenvalue weighted by Crippen LogP contribution is 2.20. The molecule has 0 aromatic heterocycles. The minimum Gasteiger partial charge on any atom is -0.352 e. The Balaban J connectivity index is 2.27. The van der Waals surface area contributed by atoms with Gasteiger partial charge in [0.05, 0.1) is 6.42 Å². The average Bonchev–Trinajstić information content (AvgIpc) is 2.63. The number of hydrogen-bond acceptors (Lipinski definition) is 2.